The maximum absolute atomic E-state index is 13.2. The first-order chi connectivity index (χ1) is 12.5. The number of ketones is 1. The number of phenolic OH excluding ortho intramolecular Hbond substituents is 1. The number of quaternary nitrogens is 1. The number of carbonyl (C=O) groups is 1. The highest BCUT2D eigenvalue weighted by Crippen LogP contribution is 2.34. The lowest BCUT2D eigenvalue weighted by atomic mass is 9.98. The first kappa shape index (κ1) is 17.8. The molecule has 0 atom stereocenters. The van der Waals surface area contributed by atoms with Crippen LogP contribution in [0.5, 0.6) is 17.2 Å². The predicted molar refractivity (Wildman–Crippen MR) is 97.4 cm³/mol. The van der Waals surface area contributed by atoms with Gasteiger partial charge in [0.2, 0.25) is 5.78 Å². The minimum absolute atomic E-state index is 0.145. The van der Waals surface area contributed by atoms with E-state index in [2.05, 4.69) is 0 Å². The molecular weight excluding hydrogens is 334 g/mol. The fourth-order valence-electron chi connectivity index (χ4n) is 3.03. The Bertz CT molecular complexity index is 958. The number of aromatic hydroxyl groups is 1. The summed E-state index contributed by atoms with van der Waals surface area (Å²) in [4.78, 5) is 14.4. The smallest absolute Gasteiger partial charge is 0.200 e. The molecule has 0 aliphatic heterocycles. The SMILES string of the molecule is COc1ccc(OC)c(C(=O)c2coc3ccc(O)c(C[NH+](C)C)c23)c1. The van der Waals surface area contributed by atoms with Gasteiger partial charge in [0.1, 0.15) is 35.6 Å². The van der Waals surface area contributed by atoms with Gasteiger partial charge in [0.15, 0.2) is 0 Å². The second-order valence-electron chi connectivity index (χ2n) is 6.36. The normalized spacial score (nSPS) is 11.1. The zero-order valence-electron chi connectivity index (χ0n) is 15.3. The van der Waals surface area contributed by atoms with Crippen LogP contribution >= 0.6 is 0 Å². The summed E-state index contributed by atoms with van der Waals surface area (Å²) in [5.74, 6) is 0.903. The van der Waals surface area contributed by atoms with Gasteiger partial charge in [-0.15, -0.1) is 0 Å². The monoisotopic (exact) mass is 356 g/mol. The summed E-state index contributed by atoms with van der Waals surface area (Å²) in [7, 11) is 7.01. The zero-order chi connectivity index (χ0) is 18.8. The van der Waals surface area contributed by atoms with Crippen molar-refractivity contribution in [3.05, 3.63) is 53.3 Å². The van der Waals surface area contributed by atoms with Crippen molar-refractivity contribution in [2.75, 3.05) is 28.3 Å². The second-order valence-corrected chi connectivity index (χ2v) is 6.36. The number of fused-ring (bicyclic) bond motifs is 1. The molecule has 0 radical (unpaired) electrons. The Morgan fingerprint density at radius 1 is 1.12 bits per heavy atom. The van der Waals surface area contributed by atoms with Gasteiger partial charge in [-0.3, -0.25) is 4.79 Å². The zero-order valence-corrected chi connectivity index (χ0v) is 15.3. The standard InChI is InChI=1S/C20H21NO5/c1-21(2)10-14-16(22)6-8-18-19(14)15(11-26-18)20(23)13-9-12(24-3)5-7-17(13)25-4/h5-9,11,22H,10H2,1-4H3/p+1. The molecular formula is C20H22NO5+. The van der Waals surface area contributed by atoms with Gasteiger partial charge in [0.25, 0.3) is 0 Å². The van der Waals surface area contributed by atoms with Gasteiger partial charge in [-0.25, -0.2) is 0 Å². The molecule has 3 rings (SSSR count). The number of phenols is 1. The molecule has 0 aliphatic rings. The van der Waals surface area contributed by atoms with E-state index in [4.69, 9.17) is 13.9 Å². The summed E-state index contributed by atoms with van der Waals surface area (Å²) in [6, 6.07) is 8.31. The number of carbonyl (C=O) groups excluding carboxylic acids is 1. The van der Waals surface area contributed by atoms with Crippen LogP contribution in [0.1, 0.15) is 21.5 Å². The highest BCUT2D eigenvalue weighted by atomic mass is 16.5. The summed E-state index contributed by atoms with van der Waals surface area (Å²) >= 11 is 0. The fraction of sp³-hybridized carbons (Fsp3) is 0.250. The van der Waals surface area contributed by atoms with E-state index in [0.29, 0.717) is 45.7 Å². The highest BCUT2D eigenvalue weighted by molar-refractivity contribution is 6.18. The Hall–Kier alpha value is -2.99. The highest BCUT2D eigenvalue weighted by Gasteiger charge is 2.24. The van der Waals surface area contributed by atoms with Crippen LogP contribution in [0.25, 0.3) is 11.0 Å². The summed E-state index contributed by atoms with van der Waals surface area (Å²) < 4.78 is 16.2. The predicted octanol–water partition coefficient (Wildman–Crippen LogP) is 2.03. The first-order valence-electron chi connectivity index (χ1n) is 8.24. The topological polar surface area (TPSA) is 73.3 Å². The van der Waals surface area contributed by atoms with Crippen molar-refractivity contribution >= 4 is 16.8 Å². The molecule has 0 fully saturated rings. The fourth-order valence-corrected chi connectivity index (χ4v) is 3.03. The molecule has 26 heavy (non-hydrogen) atoms. The number of methoxy groups -OCH3 is 2. The van der Waals surface area contributed by atoms with E-state index in [-0.39, 0.29) is 11.5 Å². The molecule has 1 heterocycles. The van der Waals surface area contributed by atoms with E-state index in [0.717, 1.165) is 4.90 Å². The van der Waals surface area contributed by atoms with Crippen LogP contribution in [-0.4, -0.2) is 39.2 Å². The Morgan fingerprint density at radius 2 is 1.88 bits per heavy atom. The molecule has 136 valence electrons. The Morgan fingerprint density at radius 3 is 2.54 bits per heavy atom. The number of nitrogens with one attached hydrogen (secondary N) is 1. The van der Waals surface area contributed by atoms with Crippen molar-refractivity contribution in [3.8, 4) is 17.2 Å². The van der Waals surface area contributed by atoms with Crippen LogP contribution < -0.4 is 14.4 Å². The van der Waals surface area contributed by atoms with E-state index >= 15 is 0 Å². The lowest BCUT2D eigenvalue weighted by molar-refractivity contribution is -0.872. The Kier molecular flexibility index (Phi) is 4.86. The molecule has 6 heteroatoms. The third-order valence-corrected chi connectivity index (χ3v) is 4.25. The van der Waals surface area contributed by atoms with Gasteiger partial charge in [-0.2, -0.15) is 0 Å². The lowest BCUT2D eigenvalue weighted by Gasteiger charge is -2.12. The van der Waals surface area contributed by atoms with Crippen molar-refractivity contribution in [2.45, 2.75) is 6.54 Å². The minimum atomic E-state index is -0.250. The van der Waals surface area contributed by atoms with Gasteiger partial charge >= 0.3 is 0 Å². The molecule has 0 saturated heterocycles. The average molecular weight is 356 g/mol. The van der Waals surface area contributed by atoms with Gasteiger partial charge in [0, 0.05) is 5.39 Å². The number of rotatable bonds is 6. The van der Waals surface area contributed by atoms with Gasteiger partial charge in [-0.05, 0) is 30.3 Å². The molecule has 0 amide bonds. The molecule has 3 aromatic rings. The first-order valence-corrected chi connectivity index (χ1v) is 8.24. The van der Waals surface area contributed by atoms with Crippen LogP contribution in [-0.2, 0) is 6.54 Å². The summed E-state index contributed by atoms with van der Waals surface area (Å²) in [6.07, 6.45) is 1.43. The Balaban J connectivity index is 2.20. The summed E-state index contributed by atoms with van der Waals surface area (Å²) in [6.45, 7) is 0.554. The number of benzene rings is 2. The summed E-state index contributed by atoms with van der Waals surface area (Å²) in [5.41, 5.74) is 2.01. The second kappa shape index (κ2) is 7.09. The van der Waals surface area contributed by atoms with Crippen molar-refractivity contribution in [1.29, 1.82) is 0 Å². The summed E-state index contributed by atoms with van der Waals surface area (Å²) in [5, 5.41) is 11.0. The molecule has 0 bridgehead atoms. The molecule has 0 unspecified atom stereocenters. The number of hydrogen-bond acceptors (Lipinski definition) is 5. The van der Waals surface area contributed by atoms with Gasteiger partial charge in [-0.1, -0.05) is 0 Å². The van der Waals surface area contributed by atoms with E-state index < -0.39 is 0 Å². The van der Waals surface area contributed by atoms with E-state index in [1.807, 2.05) is 14.1 Å². The maximum atomic E-state index is 13.2. The quantitative estimate of drug-likeness (QED) is 0.661. The Labute approximate surface area is 151 Å². The molecule has 6 nitrogen and oxygen atoms in total. The van der Waals surface area contributed by atoms with Crippen LogP contribution in [0.15, 0.2) is 41.0 Å². The van der Waals surface area contributed by atoms with Gasteiger partial charge in [0.05, 0.1) is 45.0 Å². The molecule has 0 saturated carbocycles. The van der Waals surface area contributed by atoms with E-state index in [1.54, 1.807) is 37.4 Å². The average Bonchev–Trinajstić information content (AvgIpc) is 3.07. The van der Waals surface area contributed by atoms with Crippen molar-refractivity contribution in [2.24, 2.45) is 0 Å². The van der Waals surface area contributed by atoms with Gasteiger partial charge < -0.3 is 23.9 Å². The van der Waals surface area contributed by atoms with Crippen LogP contribution in [0.2, 0.25) is 0 Å². The number of ether oxygens (including phenoxy) is 2. The third kappa shape index (κ3) is 3.11. The van der Waals surface area contributed by atoms with Crippen LogP contribution in [0.3, 0.4) is 0 Å². The minimum Gasteiger partial charge on any atom is -0.507 e. The van der Waals surface area contributed by atoms with Crippen molar-refractivity contribution < 1.29 is 28.7 Å². The van der Waals surface area contributed by atoms with Crippen LogP contribution in [0.4, 0.5) is 0 Å². The van der Waals surface area contributed by atoms with Crippen molar-refractivity contribution in [3.63, 3.8) is 0 Å². The van der Waals surface area contributed by atoms with Crippen LogP contribution in [0, 0.1) is 0 Å². The van der Waals surface area contributed by atoms with E-state index in [9.17, 15) is 9.90 Å². The molecule has 0 spiro atoms. The maximum Gasteiger partial charge on any atom is 0.200 e. The molecule has 2 N–H and O–H groups in total. The number of hydrogen-bond donors (Lipinski definition) is 2. The largest absolute Gasteiger partial charge is 0.507 e. The molecule has 2 aromatic carbocycles. The lowest BCUT2D eigenvalue weighted by Crippen LogP contribution is -3.04. The van der Waals surface area contributed by atoms with E-state index in [1.165, 1.54) is 13.4 Å². The molecule has 1 aromatic heterocycles. The molecule has 0 aliphatic carbocycles. The third-order valence-electron chi connectivity index (χ3n) is 4.25. The van der Waals surface area contributed by atoms with Crippen molar-refractivity contribution in [1.82, 2.24) is 0 Å². The number of furan rings is 1.